The molecule has 2 aromatic carbocycles. The monoisotopic (exact) mass is 427 g/mol. The first-order valence-corrected chi connectivity index (χ1v) is 10.9. The van der Waals surface area contributed by atoms with Crippen LogP contribution in [-0.2, 0) is 0 Å². The van der Waals surface area contributed by atoms with Gasteiger partial charge in [0.25, 0.3) is 11.8 Å². The van der Waals surface area contributed by atoms with Crippen molar-refractivity contribution < 1.29 is 13.7 Å². The Balaban J connectivity index is 1.37. The van der Waals surface area contributed by atoms with Gasteiger partial charge < -0.3 is 13.8 Å². The molecular formula is C24H17N3O3S. The predicted molar refractivity (Wildman–Crippen MR) is 118 cm³/mol. The summed E-state index contributed by atoms with van der Waals surface area (Å²) < 4.78 is 10.6. The van der Waals surface area contributed by atoms with Crippen molar-refractivity contribution in [3.8, 4) is 11.4 Å². The Kier molecular flexibility index (Phi) is 4.28. The lowest BCUT2D eigenvalue weighted by molar-refractivity contribution is 0.0982. The molecule has 6 nitrogen and oxygen atoms in total. The molecular weight excluding hydrogens is 410 g/mol. The van der Waals surface area contributed by atoms with Crippen LogP contribution in [0.1, 0.15) is 34.9 Å². The van der Waals surface area contributed by atoms with E-state index in [0.29, 0.717) is 17.5 Å². The number of anilines is 1. The molecule has 7 heteroatoms. The summed E-state index contributed by atoms with van der Waals surface area (Å²) >= 11 is 1.61. The maximum atomic E-state index is 13.3. The van der Waals surface area contributed by atoms with Crippen LogP contribution in [0.5, 0.6) is 0 Å². The number of fused-ring (bicyclic) bond motifs is 2. The Bertz CT molecular complexity index is 1310. The van der Waals surface area contributed by atoms with Crippen molar-refractivity contribution in [1.82, 2.24) is 10.1 Å². The fourth-order valence-electron chi connectivity index (χ4n) is 3.68. The first-order valence-electron chi connectivity index (χ1n) is 10.1. The van der Waals surface area contributed by atoms with Crippen molar-refractivity contribution >= 4 is 35.5 Å². The maximum absolute atomic E-state index is 13.3. The number of hydrogen-bond donors (Lipinski definition) is 0. The SMILES string of the molecule is O=C1c2ccccc2Sc2cc(-c3noc(C=Cc4ccco4)n3)ccc2N1C1CC1. The molecule has 0 bridgehead atoms. The lowest BCUT2D eigenvalue weighted by atomic mass is 10.1. The topological polar surface area (TPSA) is 72.4 Å². The molecule has 4 aromatic rings. The molecule has 1 saturated carbocycles. The highest BCUT2D eigenvalue weighted by Gasteiger charge is 2.38. The molecule has 0 N–H and O–H groups in total. The Morgan fingerprint density at radius 1 is 1.03 bits per heavy atom. The summed E-state index contributed by atoms with van der Waals surface area (Å²) in [5.74, 6) is 1.69. The molecule has 3 heterocycles. The van der Waals surface area contributed by atoms with Crippen molar-refractivity contribution in [2.75, 3.05) is 4.90 Å². The number of nitrogens with zero attached hydrogens (tertiary/aromatic N) is 3. The number of carbonyl (C=O) groups excluding carboxylic acids is 1. The molecule has 152 valence electrons. The van der Waals surface area contributed by atoms with E-state index in [1.807, 2.05) is 59.5 Å². The molecule has 0 radical (unpaired) electrons. The van der Waals surface area contributed by atoms with E-state index < -0.39 is 0 Å². The van der Waals surface area contributed by atoms with Crippen LogP contribution in [0.4, 0.5) is 5.69 Å². The highest BCUT2D eigenvalue weighted by atomic mass is 32.2. The summed E-state index contributed by atoms with van der Waals surface area (Å²) in [7, 11) is 0. The first kappa shape index (κ1) is 18.2. The average molecular weight is 427 g/mol. The Morgan fingerprint density at radius 3 is 2.77 bits per heavy atom. The van der Waals surface area contributed by atoms with Gasteiger partial charge in [0.1, 0.15) is 5.76 Å². The van der Waals surface area contributed by atoms with E-state index in [-0.39, 0.29) is 11.9 Å². The fraction of sp³-hybridized carbons (Fsp3) is 0.125. The van der Waals surface area contributed by atoms with Gasteiger partial charge in [-0.05, 0) is 61.4 Å². The summed E-state index contributed by atoms with van der Waals surface area (Å²) in [4.78, 5) is 21.7. The lowest BCUT2D eigenvalue weighted by Gasteiger charge is -2.22. The minimum Gasteiger partial charge on any atom is -0.465 e. The number of furan rings is 1. The Labute approximate surface area is 182 Å². The van der Waals surface area contributed by atoms with Crippen LogP contribution in [0.3, 0.4) is 0 Å². The third kappa shape index (κ3) is 3.37. The van der Waals surface area contributed by atoms with Gasteiger partial charge in [-0.1, -0.05) is 29.1 Å². The maximum Gasteiger partial charge on any atom is 0.259 e. The number of benzene rings is 2. The molecule has 2 aliphatic rings. The van der Waals surface area contributed by atoms with Gasteiger partial charge in [-0.3, -0.25) is 4.79 Å². The number of carbonyl (C=O) groups is 1. The van der Waals surface area contributed by atoms with Gasteiger partial charge in [0, 0.05) is 27.5 Å². The minimum absolute atomic E-state index is 0.0713. The van der Waals surface area contributed by atoms with Crippen molar-refractivity contribution in [3.05, 3.63) is 78.1 Å². The second kappa shape index (κ2) is 7.28. The van der Waals surface area contributed by atoms with Gasteiger partial charge in [0.2, 0.25) is 5.82 Å². The summed E-state index contributed by atoms with van der Waals surface area (Å²) in [5, 5.41) is 4.13. The van der Waals surface area contributed by atoms with Gasteiger partial charge in [-0.15, -0.1) is 0 Å². The highest BCUT2D eigenvalue weighted by Crippen LogP contribution is 2.46. The molecule has 1 amide bonds. The summed E-state index contributed by atoms with van der Waals surface area (Å²) in [5.41, 5.74) is 2.54. The molecule has 1 fully saturated rings. The zero-order chi connectivity index (χ0) is 20.8. The zero-order valence-corrected chi connectivity index (χ0v) is 17.2. The van der Waals surface area contributed by atoms with Crippen molar-refractivity contribution in [2.24, 2.45) is 0 Å². The standard InChI is InChI=1S/C24H17N3O3S/c28-24-18-5-1-2-6-20(18)31-21-14-15(7-11-19(21)27(24)16-8-9-16)23-25-22(30-26-23)12-10-17-4-3-13-29-17/h1-7,10-14,16H,8-9H2. The second-order valence-electron chi connectivity index (χ2n) is 7.49. The van der Waals surface area contributed by atoms with Crippen LogP contribution >= 0.6 is 11.8 Å². The van der Waals surface area contributed by atoms with E-state index in [9.17, 15) is 4.79 Å². The van der Waals surface area contributed by atoms with E-state index in [0.717, 1.165) is 39.4 Å². The number of rotatable bonds is 4. The average Bonchev–Trinajstić information content (AvgIpc) is 3.30. The summed E-state index contributed by atoms with van der Waals surface area (Å²) in [6.07, 6.45) is 7.18. The zero-order valence-electron chi connectivity index (χ0n) is 16.4. The van der Waals surface area contributed by atoms with Crippen LogP contribution in [0.15, 0.2) is 79.6 Å². The van der Waals surface area contributed by atoms with Gasteiger partial charge >= 0.3 is 0 Å². The quantitative estimate of drug-likeness (QED) is 0.411. The minimum atomic E-state index is 0.0713. The third-order valence-electron chi connectivity index (χ3n) is 5.32. The lowest BCUT2D eigenvalue weighted by Crippen LogP contribution is -2.32. The summed E-state index contributed by atoms with van der Waals surface area (Å²) in [6.45, 7) is 0. The largest absolute Gasteiger partial charge is 0.465 e. The first-order chi connectivity index (χ1) is 15.3. The van der Waals surface area contributed by atoms with Crippen LogP contribution in [0.25, 0.3) is 23.5 Å². The van der Waals surface area contributed by atoms with Gasteiger partial charge in [0.05, 0.1) is 17.5 Å². The smallest absolute Gasteiger partial charge is 0.259 e. The number of hydrogen-bond acceptors (Lipinski definition) is 6. The van der Waals surface area contributed by atoms with E-state index >= 15 is 0 Å². The Morgan fingerprint density at radius 2 is 1.94 bits per heavy atom. The molecule has 31 heavy (non-hydrogen) atoms. The molecule has 0 spiro atoms. The molecule has 2 aromatic heterocycles. The normalized spacial score (nSPS) is 15.7. The number of aromatic nitrogens is 2. The van der Waals surface area contributed by atoms with Crippen molar-refractivity contribution in [2.45, 2.75) is 28.7 Å². The Hall–Kier alpha value is -3.58. The van der Waals surface area contributed by atoms with Gasteiger partial charge in [-0.25, -0.2) is 0 Å². The van der Waals surface area contributed by atoms with E-state index in [2.05, 4.69) is 10.1 Å². The second-order valence-corrected chi connectivity index (χ2v) is 8.58. The van der Waals surface area contributed by atoms with Crippen LogP contribution < -0.4 is 4.90 Å². The van der Waals surface area contributed by atoms with Crippen molar-refractivity contribution in [1.29, 1.82) is 0 Å². The predicted octanol–water partition coefficient (Wildman–Crippen LogP) is 5.77. The molecule has 0 unspecified atom stereocenters. The van der Waals surface area contributed by atoms with Gasteiger partial charge in [0.15, 0.2) is 0 Å². The third-order valence-corrected chi connectivity index (χ3v) is 6.44. The fourth-order valence-corrected chi connectivity index (χ4v) is 4.78. The molecule has 6 rings (SSSR count). The van der Waals surface area contributed by atoms with E-state index in [1.54, 1.807) is 30.2 Å². The van der Waals surface area contributed by atoms with E-state index in [1.165, 1.54) is 0 Å². The highest BCUT2D eigenvalue weighted by molar-refractivity contribution is 7.99. The number of amides is 1. The molecule has 1 aliphatic carbocycles. The van der Waals surface area contributed by atoms with Gasteiger partial charge in [-0.2, -0.15) is 4.98 Å². The molecule has 0 atom stereocenters. The van der Waals surface area contributed by atoms with Crippen LogP contribution in [-0.4, -0.2) is 22.1 Å². The van der Waals surface area contributed by atoms with Crippen LogP contribution in [0.2, 0.25) is 0 Å². The molecule has 0 saturated heterocycles. The van der Waals surface area contributed by atoms with E-state index in [4.69, 9.17) is 8.94 Å². The molecule has 1 aliphatic heterocycles. The van der Waals surface area contributed by atoms with Crippen LogP contribution in [0, 0.1) is 0 Å². The van der Waals surface area contributed by atoms with Crippen molar-refractivity contribution in [3.63, 3.8) is 0 Å². The summed E-state index contributed by atoms with van der Waals surface area (Å²) in [6, 6.07) is 17.7.